The normalized spacial score (nSPS) is 23.1. The van der Waals surface area contributed by atoms with Crippen LogP contribution in [0.2, 0.25) is 18.6 Å². The summed E-state index contributed by atoms with van der Waals surface area (Å²) in [6.45, 7) is 4.28. The van der Waals surface area contributed by atoms with Gasteiger partial charge >= 0.3 is 0 Å². The van der Waals surface area contributed by atoms with E-state index in [9.17, 15) is 4.79 Å². The third kappa shape index (κ3) is 1.92. The SMILES string of the molecule is CCC(=O)[Si]1(C)CCCCC1. The molecule has 64 valence electrons. The van der Waals surface area contributed by atoms with Gasteiger partial charge in [-0.2, -0.15) is 0 Å². The summed E-state index contributed by atoms with van der Waals surface area (Å²) < 4.78 is 0. The number of hydrogen-bond donors (Lipinski definition) is 0. The first-order valence-corrected chi connectivity index (χ1v) is 7.64. The van der Waals surface area contributed by atoms with Gasteiger partial charge in [-0.05, 0) is 6.42 Å². The molecule has 2 heteroatoms. The molecule has 0 aliphatic carbocycles. The summed E-state index contributed by atoms with van der Waals surface area (Å²) in [6, 6.07) is 2.53. The summed E-state index contributed by atoms with van der Waals surface area (Å²) in [5, 5.41) is 0.609. The molecule has 1 heterocycles. The lowest BCUT2D eigenvalue weighted by Crippen LogP contribution is -2.41. The van der Waals surface area contributed by atoms with Gasteiger partial charge in [0.1, 0.15) is 13.5 Å². The Kier molecular flexibility index (Phi) is 2.88. The van der Waals surface area contributed by atoms with Crippen LogP contribution in [0.5, 0.6) is 0 Å². The monoisotopic (exact) mass is 170 g/mol. The van der Waals surface area contributed by atoms with E-state index in [1.165, 1.54) is 31.4 Å². The molecular weight excluding hydrogens is 152 g/mol. The van der Waals surface area contributed by atoms with Crippen LogP contribution in [0, 0.1) is 0 Å². The fraction of sp³-hybridized carbons (Fsp3) is 0.889. The molecular formula is C9H18OSi. The molecule has 1 saturated heterocycles. The summed E-state index contributed by atoms with van der Waals surface area (Å²) in [7, 11) is -1.38. The van der Waals surface area contributed by atoms with Crippen molar-refractivity contribution in [2.75, 3.05) is 0 Å². The molecule has 0 unspecified atom stereocenters. The van der Waals surface area contributed by atoms with Crippen molar-refractivity contribution >= 4 is 13.5 Å². The van der Waals surface area contributed by atoms with Gasteiger partial charge in [0.2, 0.25) is 0 Å². The molecule has 1 aliphatic rings. The minimum Gasteiger partial charge on any atom is -0.305 e. The molecule has 0 aromatic heterocycles. The summed E-state index contributed by atoms with van der Waals surface area (Å²) in [6.07, 6.45) is 4.77. The van der Waals surface area contributed by atoms with Crippen LogP contribution in [0.4, 0.5) is 0 Å². The van der Waals surface area contributed by atoms with Gasteiger partial charge in [-0.25, -0.2) is 0 Å². The largest absolute Gasteiger partial charge is 0.305 e. The van der Waals surface area contributed by atoms with E-state index in [0.29, 0.717) is 5.41 Å². The van der Waals surface area contributed by atoms with Crippen LogP contribution in [0.1, 0.15) is 32.6 Å². The Hall–Kier alpha value is -0.113. The van der Waals surface area contributed by atoms with Gasteiger partial charge < -0.3 is 4.79 Å². The lowest BCUT2D eigenvalue weighted by molar-refractivity contribution is -0.112. The van der Waals surface area contributed by atoms with Crippen LogP contribution >= 0.6 is 0 Å². The summed E-state index contributed by atoms with van der Waals surface area (Å²) in [4.78, 5) is 11.6. The summed E-state index contributed by atoms with van der Waals surface area (Å²) in [5.41, 5.74) is 0. The van der Waals surface area contributed by atoms with E-state index >= 15 is 0 Å². The highest BCUT2D eigenvalue weighted by atomic mass is 28.3. The second-order valence-electron chi connectivity index (χ2n) is 3.90. The number of rotatable bonds is 2. The smallest absolute Gasteiger partial charge is 0.129 e. The van der Waals surface area contributed by atoms with Crippen molar-refractivity contribution in [3.63, 3.8) is 0 Å². The fourth-order valence-electron chi connectivity index (χ4n) is 2.04. The van der Waals surface area contributed by atoms with E-state index in [0.717, 1.165) is 6.42 Å². The molecule has 0 saturated carbocycles. The Balaban J connectivity index is 2.56. The molecule has 0 spiro atoms. The van der Waals surface area contributed by atoms with Crippen molar-refractivity contribution < 1.29 is 4.79 Å². The van der Waals surface area contributed by atoms with Crippen LogP contribution < -0.4 is 0 Å². The Bertz CT molecular complexity index is 148. The number of carbonyl (C=O) groups is 1. The van der Waals surface area contributed by atoms with Crippen molar-refractivity contribution in [2.45, 2.75) is 51.2 Å². The maximum Gasteiger partial charge on any atom is 0.129 e. The molecule has 1 nitrogen and oxygen atoms in total. The molecule has 0 aromatic rings. The average molecular weight is 170 g/mol. The van der Waals surface area contributed by atoms with Crippen LogP contribution in [-0.2, 0) is 4.79 Å². The van der Waals surface area contributed by atoms with Crippen LogP contribution in [0.25, 0.3) is 0 Å². The lowest BCUT2D eigenvalue weighted by atomic mass is 10.3. The van der Waals surface area contributed by atoms with Gasteiger partial charge in [0.15, 0.2) is 0 Å². The van der Waals surface area contributed by atoms with E-state index in [-0.39, 0.29) is 0 Å². The highest BCUT2D eigenvalue weighted by molar-refractivity contribution is 7.05. The second-order valence-corrected chi connectivity index (χ2v) is 8.58. The van der Waals surface area contributed by atoms with Crippen LogP contribution in [-0.4, -0.2) is 13.5 Å². The van der Waals surface area contributed by atoms with Crippen molar-refractivity contribution in [3.8, 4) is 0 Å². The van der Waals surface area contributed by atoms with Gasteiger partial charge in [-0.1, -0.05) is 44.8 Å². The van der Waals surface area contributed by atoms with E-state index < -0.39 is 8.07 Å². The Labute approximate surface area is 70.2 Å². The maximum absolute atomic E-state index is 11.6. The van der Waals surface area contributed by atoms with Crippen molar-refractivity contribution in [2.24, 2.45) is 0 Å². The zero-order chi connectivity index (χ0) is 8.32. The fourth-order valence-corrected chi connectivity index (χ4v) is 5.76. The highest BCUT2D eigenvalue weighted by Gasteiger charge is 2.35. The standard InChI is InChI=1S/C9H18OSi/c1-3-9(10)11(2)7-5-4-6-8-11/h3-8H2,1-2H3. The Morgan fingerprint density at radius 3 is 2.27 bits per heavy atom. The Morgan fingerprint density at radius 2 is 1.82 bits per heavy atom. The third-order valence-corrected chi connectivity index (χ3v) is 7.57. The minimum atomic E-state index is -1.38. The number of carbonyl (C=O) groups excluding carboxylic acids is 1. The Morgan fingerprint density at radius 1 is 1.27 bits per heavy atom. The summed E-state index contributed by atoms with van der Waals surface area (Å²) in [5.74, 6) is 0. The average Bonchev–Trinajstić information content (AvgIpc) is 2.04. The number of hydrogen-bond acceptors (Lipinski definition) is 1. The lowest BCUT2D eigenvalue weighted by Gasteiger charge is -2.29. The predicted molar refractivity (Wildman–Crippen MR) is 50.4 cm³/mol. The molecule has 0 N–H and O–H groups in total. The molecule has 0 amide bonds. The molecule has 1 fully saturated rings. The molecule has 1 rings (SSSR count). The molecule has 0 radical (unpaired) electrons. The molecule has 1 aliphatic heterocycles. The second kappa shape index (κ2) is 3.52. The van der Waals surface area contributed by atoms with Crippen molar-refractivity contribution in [1.82, 2.24) is 0 Å². The molecule has 11 heavy (non-hydrogen) atoms. The zero-order valence-corrected chi connectivity index (χ0v) is 8.65. The van der Waals surface area contributed by atoms with E-state index in [4.69, 9.17) is 0 Å². The minimum absolute atomic E-state index is 0.609. The first-order valence-electron chi connectivity index (χ1n) is 4.72. The van der Waals surface area contributed by atoms with E-state index in [1.54, 1.807) is 0 Å². The van der Waals surface area contributed by atoms with Crippen LogP contribution in [0.3, 0.4) is 0 Å². The molecule has 0 bridgehead atoms. The van der Waals surface area contributed by atoms with E-state index in [2.05, 4.69) is 6.55 Å². The van der Waals surface area contributed by atoms with Gasteiger partial charge in [0.05, 0.1) is 0 Å². The quantitative estimate of drug-likeness (QED) is 0.582. The zero-order valence-electron chi connectivity index (χ0n) is 7.65. The van der Waals surface area contributed by atoms with Crippen molar-refractivity contribution in [3.05, 3.63) is 0 Å². The van der Waals surface area contributed by atoms with Gasteiger partial charge in [0.25, 0.3) is 0 Å². The molecule has 0 atom stereocenters. The third-order valence-electron chi connectivity index (χ3n) is 2.95. The van der Waals surface area contributed by atoms with Crippen LogP contribution in [0.15, 0.2) is 0 Å². The van der Waals surface area contributed by atoms with E-state index in [1.807, 2.05) is 6.92 Å². The van der Waals surface area contributed by atoms with Crippen molar-refractivity contribution in [1.29, 1.82) is 0 Å². The maximum atomic E-state index is 11.6. The predicted octanol–water partition coefficient (Wildman–Crippen LogP) is 2.77. The topological polar surface area (TPSA) is 17.1 Å². The highest BCUT2D eigenvalue weighted by Crippen LogP contribution is 2.29. The van der Waals surface area contributed by atoms with Gasteiger partial charge in [0, 0.05) is 0 Å². The molecule has 0 aromatic carbocycles. The van der Waals surface area contributed by atoms with Gasteiger partial charge in [-0.3, -0.25) is 0 Å². The first-order chi connectivity index (χ1) is 5.19. The first kappa shape index (κ1) is 8.98. The van der Waals surface area contributed by atoms with Gasteiger partial charge in [-0.15, -0.1) is 0 Å². The summed E-state index contributed by atoms with van der Waals surface area (Å²) >= 11 is 0.